The van der Waals surface area contributed by atoms with Crippen LogP contribution in [0.3, 0.4) is 0 Å². The highest BCUT2D eigenvalue weighted by Gasteiger charge is 2.14. The van der Waals surface area contributed by atoms with Gasteiger partial charge in [-0.15, -0.1) is 0 Å². The van der Waals surface area contributed by atoms with Crippen LogP contribution in [0.2, 0.25) is 0 Å². The maximum Gasteiger partial charge on any atom is 0.336 e. The summed E-state index contributed by atoms with van der Waals surface area (Å²) in [6.07, 6.45) is 0. The fourth-order valence-corrected chi connectivity index (χ4v) is 1.95. The van der Waals surface area contributed by atoms with Crippen LogP contribution in [-0.2, 0) is 0 Å². The van der Waals surface area contributed by atoms with Crippen LogP contribution in [0.4, 0.5) is 0 Å². The van der Waals surface area contributed by atoms with Crippen molar-refractivity contribution >= 4 is 27.9 Å². The Morgan fingerprint density at radius 2 is 1.75 bits per heavy atom. The van der Waals surface area contributed by atoms with Crippen molar-refractivity contribution in [3.8, 4) is 0 Å². The van der Waals surface area contributed by atoms with Gasteiger partial charge in [-0.1, -0.05) is 24.3 Å². The molecule has 2 aromatic carbocycles. The van der Waals surface area contributed by atoms with E-state index < -0.39 is 5.97 Å². The van der Waals surface area contributed by atoms with E-state index in [0.717, 1.165) is 5.39 Å². The minimum absolute atomic E-state index is 0.280. The summed E-state index contributed by atoms with van der Waals surface area (Å²) in [5, 5.41) is 10.6. The molecule has 16 heavy (non-hydrogen) atoms. The van der Waals surface area contributed by atoms with Gasteiger partial charge in [0.1, 0.15) is 11.2 Å². The molecule has 0 radical (unpaired) electrons. The van der Waals surface area contributed by atoms with Crippen molar-refractivity contribution in [2.75, 3.05) is 0 Å². The van der Waals surface area contributed by atoms with Gasteiger partial charge in [-0.05, 0) is 18.2 Å². The molecule has 3 rings (SSSR count). The van der Waals surface area contributed by atoms with E-state index in [1.165, 1.54) is 0 Å². The normalized spacial score (nSPS) is 11.0. The van der Waals surface area contributed by atoms with Crippen LogP contribution in [0.5, 0.6) is 0 Å². The van der Waals surface area contributed by atoms with Crippen LogP contribution in [-0.4, -0.2) is 11.1 Å². The zero-order valence-corrected chi connectivity index (χ0v) is 8.31. The van der Waals surface area contributed by atoms with Gasteiger partial charge in [-0.2, -0.15) is 0 Å². The van der Waals surface area contributed by atoms with Gasteiger partial charge in [0.25, 0.3) is 0 Å². The molecule has 0 saturated heterocycles. The van der Waals surface area contributed by atoms with Crippen molar-refractivity contribution in [3.05, 3.63) is 48.0 Å². The first-order valence-corrected chi connectivity index (χ1v) is 4.91. The lowest BCUT2D eigenvalue weighted by atomic mass is 10.1. The maximum absolute atomic E-state index is 11.1. The number of carboxylic acid groups (broad SMARTS) is 1. The van der Waals surface area contributed by atoms with Gasteiger partial charge in [0.15, 0.2) is 0 Å². The summed E-state index contributed by atoms with van der Waals surface area (Å²) in [5.74, 6) is -0.933. The second kappa shape index (κ2) is 3.10. The van der Waals surface area contributed by atoms with Gasteiger partial charge in [0.05, 0.1) is 5.56 Å². The van der Waals surface area contributed by atoms with Crippen molar-refractivity contribution in [1.82, 2.24) is 0 Å². The summed E-state index contributed by atoms with van der Waals surface area (Å²) in [6, 6.07) is 12.5. The highest BCUT2D eigenvalue weighted by atomic mass is 16.4. The molecule has 0 aliphatic heterocycles. The molecule has 0 bridgehead atoms. The predicted molar refractivity (Wildman–Crippen MR) is 60.7 cm³/mol. The molecule has 0 spiro atoms. The molecule has 1 aromatic heterocycles. The van der Waals surface area contributed by atoms with Crippen molar-refractivity contribution in [3.63, 3.8) is 0 Å². The molecule has 3 nitrogen and oxygen atoms in total. The number of hydrogen-bond acceptors (Lipinski definition) is 2. The second-order valence-corrected chi connectivity index (χ2v) is 3.58. The van der Waals surface area contributed by atoms with Gasteiger partial charge in [-0.25, -0.2) is 4.79 Å². The largest absolute Gasteiger partial charge is 0.478 e. The first kappa shape index (κ1) is 8.97. The van der Waals surface area contributed by atoms with Gasteiger partial charge in [-0.3, -0.25) is 0 Å². The van der Waals surface area contributed by atoms with E-state index in [1.54, 1.807) is 18.2 Å². The molecule has 3 aromatic rings. The molecule has 1 N–H and O–H groups in total. The molecular formula is C13H8O3. The SMILES string of the molecule is O=C(O)c1cccc2oc3ccccc3c12. The van der Waals surface area contributed by atoms with Crippen LogP contribution in [0.15, 0.2) is 46.9 Å². The lowest BCUT2D eigenvalue weighted by molar-refractivity contribution is 0.0699. The summed E-state index contributed by atoms with van der Waals surface area (Å²) in [7, 11) is 0. The average molecular weight is 212 g/mol. The standard InChI is InChI=1S/C13H8O3/c14-13(15)9-5-3-7-11-12(9)8-4-1-2-6-10(8)16-11/h1-7H,(H,14,15). The molecule has 0 saturated carbocycles. The van der Waals surface area contributed by atoms with Crippen molar-refractivity contribution in [1.29, 1.82) is 0 Å². The molecule has 0 aliphatic carbocycles. The molecule has 0 fully saturated rings. The van der Waals surface area contributed by atoms with E-state index >= 15 is 0 Å². The van der Waals surface area contributed by atoms with Crippen LogP contribution >= 0.6 is 0 Å². The molecule has 1 heterocycles. The van der Waals surface area contributed by atoms with Crippen molar-refractivity contribution in [2.45, 2.75) is 0 Å². The smallest absolute Gasteiger partial charge is 0.336 e. The highest BCUT2D eigenvalue weighted by molar-refractivity contribution is 6.14. The highest BCUT2D eigenvalue weighted by Crippen LogP contribution is 2.30. The molecular weight excluding hydrogens is 204 g/mol. The molecule has 0 unspecified atom stereocenters. The molecule has 3 heteroatoms. The zero-order valence-electron chi connectivity index (χ0n) is 8.31. The minimum Gasteiger partial charge on any atom is -0.478 e. The van der Waals surface area contributed by atoms with Crippen LogP contribution in [0, 0.1) is 0 Å². The fourth-order valence-electron chi connectivity index (χ4n) is 1.95. The van der Waals surface area contributed by atoms with Crippen molar-refractivity contribution in [2.24, 2.45) is 0 Å². The summed E-state index contributed by atoms with van der Waals surface area (Å²) in [6.45, 7) is 0. The Kier molecular flexibility index (Phi) is 1.74. The van der Waals surface area contributed by atoms with E-state index in [4.69, 9.17) is 9.52 Å². The van der Waals surface area contributed by atoms with E-state index in [2.05, 4.69) is 0 Å². The number of fused-ring (bicyclic) bond motifs is 3. The van der Waals surface area contributed by atoms with Crippen LogP contribution < -0.4 is 0 Å². The number of aromatic carboxylic acids is 1. The second-order valence-electron chi connectivity index (χ2n) is 3.58. The molecule has 0 aliphatic rings. The third-order valence-corrected chi connectivity index (χ3v) is 2.63. The van der Waals surface area contributed by atoms with Crippen LogP contribution in [0.25, 0.3) is 21.9 Å². The number of para-hydroxylation sites is 1. The number of furan rings is 1. The summed E-state index contributed by atoms with van der Waals surface area (Å²) < 4.78 is 5.58. The zero-order chi connectivity index (χ0) is 11.1. The number of carboxylic acids is 1. The number of rotatable bonds is 1. The number of benzene rings is 2. The summed E-state index contributed by atoms with van der Waals surface area (Å²) >= 11 is 0. The third-order valence-electron chi connectivity index (χ3n) is 2.63. The van der Waals surface area contributed by atoms with Gasteiger partial charge in [0, 0.05) is 10.8 Å². The number of carbonyl (C=O) groups is 1. The topological polar surface area (TPSA) is 50.4 Å². The van der Waals surface area contributed by atoms with Gasteiger partial charge in [0.2, 0.25) is 0 Å². The van der Waals surface area contributed by atoms with E-state index in [9.17, 15) is 4.79 Å². The van der Waals surface area contributed by atoms with Crippen molar-refractivity contribution < 1.29 is 14.3 Å². The first-order chi connectivity index (χ1) is 7.77. The Bertz CT molecular complexity index is 695. The van der Waals surface area contributed by atoms with Gasteiger partial charge >= 0.3 is 5.97 Å². The maximum atomic E-state index is 11.1. The Balaban J connectivity index is 2.57. The summed E-state index contributed by atoms with van der Waals surface area (Å²) in [4.78, 5) is 11.1. The number of hydrogen-bond donors (Lipinski definition) is 1. The molecule has 0 atom stereocenters. The quantitative estimate of drug-likeness (QED) is 0.673. The lowest BCUT2D eigenvalue weighted by Crippen LogP contribution is -1.95. The van der Waals surface area contributed by atoms with E-state index in [-0.39, 0.29) is 5.56 Å². The fraction of sp³-hybridized carbons (Fsp3) is 0. The van der Waals surface area contributed by atoms with Gasteiger partial charge < -0.3 is 9.52 Å². The Morgan fingerprint density at radius 3 is 2.56 bits per heavy atom. The average Bonchev–Trinajstić information content (AvgIpc) is 2.66. The minimum atomic E-state index is -0.933. The van der Waals surface area contributed by atoms with Crippen LogP contribution in [0.1, 0.15) is 10.4 Å². The molecule has 0 amide bonds. The third kappa shape index (κ3) is 1.11. The predicted octanol–water partition coefficient (Wildman–Crippen LogP) is 3.28. The Hall–Kier alpha value is -2.29. The summed E-state index contributed by atoms with van der Waals surface area (Å²) in [5.41, 5.74) is 1.61. The lowest BCUT2D eigenvalue weighted by Gasteiger charge is -1.95. The van der Waals surface area contributed by atoms with E-state index in [1.807, 2.05) is 24.3 Å². The Labute approximate surface area is 90.9 Å². The Morgan fingerprint density at radius 1 is 1.00 bits per heavy atom. The van der Waals surface area contributed by atoms with E-state index in [0.29, 0.717) is 16.6 Å². The monoisotopic (exact) mass is 212 g/mol. The molecule has 78 valence electrons. The first-order valence-electron chi connectivity index (χ1n) is 4.91.